The van der Waals surface area contributed by atoms with Gasteiger partial charge in [-0.1, -0.05) is 0 Å². The fourth-order valence-corrected chi connectivity index (χ4v) is 1.53. The number of fused-ring (bicyclic) bond motifs is 1. The normalized spacial score (nSPS) is 34.8. The third-order valence-corrected chi connectivity index (χ3v) is 2.08. The standard InChI is InChI=1S/C7H13N3O/c8-2-1-7-10-5-3-9-4-6(5)11-7/h5-6,9H,1-4,8H2. The van der Waals surface area contributed by atoms with Crippen molar-refractivity contribution < 1.29 is 4.74 Å². The molecule has 2 aliphatic heterocycles. The Morgan fingerprint density at radius 2 is 2.55 bits per heavy atom. The van der Waals surface area contributed by atoms with Crippen molar-refractivity contribution in [2.45, 2.75) is 18.6 Å². The Morgan fingerprint density at radius 3 is 3.27 bits per heavy atom. The molecule has 0 aromatic carbocycles. The minimum absolute atomic E-state index is 0.288. The molecule has 0 aromatic heterocycles. The molecule has 0 aliphatic carbocycles. The van der Waals surface area contributed by atoms with Gasteiger partial charge in [-0.25, -0.2) is 4.99 Å². The molecule has 0 spiro atoms. The number of nitrogens with one attached hydrogen (secondary N) is 1. The Balaban J connectivity index is 1.96. The van der Waals surface area contributed by atoms with E-state index < -0.39 is 0 Å². The zero-order chi connectivity index (χ0) is 7.68. The molecule has 2 atom stereocenters. The smallest absolute Gasteiger partial charge is 0.185 e. The van der Waals surface area contributed by atoms with Crippen LogP contribution in [0.5, 0.6) is 0 Å². The fourth-order valence-electron chi connectivity index (χ4n) is 1.53. The molecule has 0 saturated carbocycles. The van der Waals surface area contributed by atoms with Crippen LogP contribution in [-0.2, 0) is 4.74 Å². The number of ether oxygens (including phenoxy) is 1. The van der Waals surface area contributed by atoms with E-state index in [4.69, 9.17) is 10.5 Å². The van der Waals surface area contributed by atoms with Gasteiger partial charge in [-0.3, -0.25) is 0 Å². The highest BCUT2D eigenvalue weighted by atomic mass is 16.5. The Morgan fingerprint density at radius 1 is 1.64 bits per heavy atom. The molecular formula is C7H13N3O. The van der Waals surface area contributed by atoms with E-state index in [1.807, 2.05) is 0 Å². The first-order chi connectivity index (χ1) is 5.40. The molecule has 0 aromatic rings. The summed E-state index contributed by atoms with van der Waals surface area (Å²) in [6.07, 6.45) is 1.07. The average molecular weight is 155 g/mol. The van der Waals surface area contributed by atoms with Crippen molar-refractivity contribution in [2.24, 2.45) is 10.7 Å². The van der Waals surface area contributed by atoms with Crippen molar-refractivity contribution >= 4 is 5.90 Å². The molecule has 2 heterocycles. The lowest BCUT2D eigenvalue weighted by molar-refractivity contribution is 0.219. The van der Waals surface area contributed by atoms with Crippen LogP contribution in [0.3, 0.4) is 0 Å². The van der Waals surface area contributed by atoms with Crippen molar-refractivity contribution in [3.05, 3.63) is 0 Å². The molecule has 1 saturated heterocycles. The Labute approximate surface area is 65.8 Å². The van der Waals surface area contributed by atoms with Crippen LogP contribution in [0.4, 0.5) is 0 Å². The van der Waals surface area contributed by atoms with E-state index in [9.17, 15) is 0 Å². The van der Waals surface area contributed by atoms with Gasteiger partial charge in [0.15, 0.2) is 5.90 Å². The van der Waals surface area contributed by atoms with Crippen LogP contribution >= 0.6 is 0 Å². The molecule has 0 amide bonds. The largest absolute Gasteiger partial charge is 0.474 e. The third-order valence-electron chi connectivity index (χ3n) is 2.08. The molecule has 3 N–H and O–H groups in total. The van der Waals surface area contributed by atoms with Crippen molar-refractivity contribution in [3.63, 3.8) is 0 Å². The van der Waals surface area contributed by atoms with Gasteiger partial charge in [0.1, 0.15) is 12.1 Å². The Bertz CT molecular complexity index is 181. The van der Waals surface area contributed by atoms with Gasteiger partial charge in [0.25, 0.3) is 0 Å². The van der Waals surface area contributed by atoms with E-state index in [-0.39, 0.29) is 6.10 Å². The molecule has 0 bridgehead atoms. The van der Waals surface area contributed by atoms with Crippen molar-refractivity contribution in [1.82, 2.24) is 5.32 Å². The third kappa shape index (κ3) is 1.23. The van der Waals surface area contributed by atoms with Gasteiger partial charge in [-0.2, -0.15) is 0 Å². The van der Waals surface area contributed by atoms with Gasteiger partial charge in [0, 0.05) is 26.1 Å². The zero-order valence-corrected chi connectivity index (χ0v) is 6.42. The molecule has 2 unspecified atom stereocenters. The fraction of sp³-hybridized carbons (Fsp3) is 0.857. The second-order valence-electron chi connectivity index (χ2n) is 2.94. The summed E-state index contributed by atoms with van der Waals surface area (Å²) in [4.78, 5) is 4.39. The predicted molar refractivity (Wildman–Crippen MR) is 42.6 cm³/mol. The lowest BCUT2D eigenvalue weighted by Crippen LogP contribution is -2.21. The maximum Gasteiger partial charge on any atom is 0.185 e. The zero-order valence-electron chi connectivity index (χ0n) is 6.42. The summed E-state index contributed by atoms with van der Waals surface area (Å²) in [5, 5.41) is 3.22. The van der Waals surface area contributed by atoms with E-state index in [1.165, 1.54) is 0 Å². The van der Waals surface area contributed by atoms with Crippen LogP contribution in [0.1, 0.15) is 6.42 Å². The van der Waals surface area contributed by atoms with E-state index >= 15 is 0 Å². The Kier molecular flexibility index (Phi) is 1.79. The summed E-state index contributed by atoms with van der Waals surface area (Å²) in [6.45, 7) is 2.52. The monoisotopic (exact) mass is 155 g/mol. The summed E-state index contributed by atoms with van der Waals surface area (Å²) in [7, 11) is 0. The van der Waals surface area contributed by atoms with Gasteiger partial charge >= 0.3 is 0 Å². The molecule has 0 radical (unpaired) electrons. The molecule has 4 nitrogen and oxygen atoms in total. The molecule has 62 valence electrons. The van der Waals surface area contributed by atoms with Gasteiger partial charge < -0.3 is 15.8 Å². The van der Waals surface area contributed by atoms with Crippen LogP contribution in [0.25, 0.3) is 0 Å². The summed E-state index contributed by atoms with van der Waals surface area (Å²) in [6, 6.07) is 0.358. The van der Waals surface area contributed by atoms with Gasteiger partial charge in [0.05, 0.1) is 0 Å². The van der Waals surface area contributed by atoms with E-state index in [0.717, 1.165) is 25.4 Å². The van der Waals surface area contributed by atoms with Gasteiger partial charge in [-0.05, 0) is 0 Å². The van der Waals surface area contributed by atoms with Crippen LogP contribution in [0, 0.1) is 0 Å². The lowest BCUT2D eigenvalue weighted by atomic mass is 10.2. The Hall–Kier alpha value is -0.610. The molecular weight excluding hydrogens is 142 g/mol. The van der Waals surface area contributed by atoms with Crippen molar-refractivity contribution in [3.8, 4) is 0 Å². The van der Waals surface area contributed by atoms with Crippen molar-refractivity contribution in [1.29, 1.82) is 0 Å². The minimum atomic E-state index is 0.288. The van der Waals surface area contributed by atoms with Crippen LogP contribution < -0.4 is 11.1 Å². The van der Waals surface area contributed by atoms with E-state index in [1.54, 1.807) is 0 Å². The number of hydrogen-bond acceptors (Lipinski definition) is 4. The van der Waals surface area contributed by atoms with E-state index in [0.29, 0.717) is 12.6 Å². The highest BCUT2D eigenvalue weighted by Gasteiger charge is 2.34. The second kappa shape index (κ2) is 2.79. The maximum absolute atomic E-state index is 5.53. The first-order valence-electron chi connectivity index (χ1n) is 4.04. The topological polar surface area (TPSA) is 59.6 Å². The van der Waals surface area contributed by atoms with Crippen LogP contribution in [0.2, 0.25) is 0 Å². The second-order valence-corrected chi connectivity index (χ2v) is 2.94. The van der Waals surface area contributed by atoms with Crippen LogP contribution in [0.15, 0.2) is 4.99 Å². The van der Waals surface area contributed by atoms with Crippen LogP contribution in [-0.4, -0.2) is 37.7 Å². The van der Waals surface area contributed by atoms with Gasteiger partial charge in [0.2, 0.25) is 0 Å². The highest BCUT2D eigenvalue weighted by molar-refractivity contribution is 5.78. The maximum atomic E-state index is 5.53. The van der Waals surface area contributed by atoms with Crippen molar-refractivity contribution in [2.75, 3.05) is 19.6 Å². The number of nitrogens with two attached hydrogens (primary N) is 1. The minimum Gasteiger partial charge on any atom is -0.474 e. The first kappa shape index (κ1) is 7.06. The molecule has 2 rings (SSSR count). The molecule has 2 aliphatic rings. The highest BCUT2D eigenvalue weighted by Crippen LogP contribution is 2.17. The summed E-state index contributed by atoms with van der Waals surface area (Å²) in [5.41, 5.74) is 5.38. The quantitative estimate of drug-likeness (QED) is 0.543. The summed E-state index contributed by atoms with van der Waals surface area (Å²) < 4.78 is 5.53. The summed E-state index contributed by atoms with van der Waals surface area (Å²) in [5.74, 6) is 0.851. The van der Waals surface area contributed by atoms with E-state index in [2.05, 4.69) is 10.3 Å². The number of rotatable bonds is 2. The summed E-state index contributed by atoms with van der Waals surface area (Å²) >= 11 is 0. The predicted octanol–water partition coefficient (Wildman–Crippen LogP) is -0.896. The van der Waals surface area contributed by atoms with Gasteiger partial charge in [-0.15, -0.1) is 0 Å². The number of hydrogen-bond donors (Lipinski definition) is 2. The SMILES string of the molecule is NCCC1=NC2CNCC2O1. The first-order valence-corrected chi connectivity index (χ1v) is 4.04. The average Bonchev–Trinajstić information content (AvgIpc) is 2.46. The molecule has 1 fully saturated rings. The number of aliphatic imine (C=N–C) groups is 1. The molecule has 4 heteroatoms. The molecule has 11 heavy (non-hydrogen) atoms. The lowest BCUT2D eigenvalue weighted by Gasteiger charge is -2.06. The number of nitrogens with zero attached hydrogens (tertiary/aromatic N) is 1.